The van der Waals surface area contributed by atoms with Crippen molar-refractivity contribution in [3.8, 4) is 22.6 Å². The Morgan fingerprint density at radius 3 is 2.34 bits per heavy atom. The molecule has 0 radical (unpaired) electrons. The van der Waals surface area contributed by atoms with Gasteiger partial charge >= 0.3 is 0 Å². The van der Waals surface area contributed by atoms with Crippen molar-refractivity contribution in [2.75, 3.05) is 4.72 Å². The van der Waals surface area contributed by atoms with Gasteiger partial charge in [0.25, 0.3) is 10.0 Å². The molecule has 35 heavy (non-hydrogen) atoms. The van der Waals surface area contributed by atoms with Crippen molar-refractivity contribution >= 4 is 38.2 Å². The van der Waals surface area contributed by atoms with Gasteiger partial charge in [-0.3, -0.25) is 9.71 Å². The Kier molecular flexibility index (Phi) is 6.16. The van der Waals surface area contributed by atoms with Crippen LogP contribution in [-0.2, 0) is 10.0 Å². The maximum absolute atomic E-state index is 12.7. The van der Waals surface area contributed by atoms with Gasteiger partial charge in [0, 0.05) is 17.6 Å². The Labute approximate surface area is 209 Å². The molecule has 5 rings (SSSR count). The Hall–Kier alpha value is -3.87. The maximum Gasteiger partial charge on any atom is 0.261 e. The molecule has 0 saturated carbocycles. The first-order chi connectivity index (χ1) is 16.9. The third kappa shape index (κ3) is 4.85. The minimum atomic E-state index is -3.70. The average Bonchev–Trinajstić information content (AvgIpc) is 2.85. The summed E-state index contributed by atoms with van der Waals surface area (Å²) in [4.78, 5) is 4.69. The van der Waals surface area contributed by atoms with E-state index in [0.717, 1.165) is 27.6 Å². The van der Waals surface area contributed by atoms with Gasteiger partial charge in [-0.15, -0.1) is 0 Å². The molecule has 0 bridgehead atoms. The van der Waals surface area contributed by atoms with Crippen molar-refractivity contribution in [3.05, 3.63) is 114 Å². The lowest BCUT2D eigenvalue weighted by Crippen LogP contribution is -2.12. The van der Waals surface area contributed by atoms with Crippen LogP contribution in [0.1, 0.15) is 5.56 Å². The predicted octanol–water partition coefficient (Wildman–Crippen LogP) is 7.46. The maximum atomic E-state index is 12.7. The van der Waals surface area contributed by atoms with Gasteiger partial charge < -0.3 is 4.74 Å². The van der Waals surface area contributed by atoms with Gasteiger partial charge in [-0.1, -0.05) is 60.1 Å². The summed E-state index contributed by atoms with van der Waals surface area (Å²) in [5.41, 5.74) is 4.18. The SMILES string of the molecule is Cc1cnc2c(Cl)cccc2c1-c1cccc(Oc2cccc(NS(=O)(=O)c3ccccc3)c2)c1. The minimum absolute atomic E-state index is 0.194. The number of benzene rings is 4. The molecule has 4 aromatic carbocycles. The van der Waals surface area contributed by atoms with E-state index in [0.29, 0.717) is 22.2 Å². The number of nitrogens with zero attached hydrogens (tertiary/aromatic N) is 1. The molecular formula is C28H21ClN2O3S. The number of fused-ring (bicyclic) bond motifs is 1. The second-order valence-electron chi connectivity index (χ2n) is 8.03. The Balaban J connectivity index is 1.44. The summed E-state index contributed by atoms with van der Waals surface area (Å²) in [5.74, 6) is 1.13. The van der Waals surface area contributed by atoms with Gasteiger partial charge in [0.2, 0.25) is 0 Å². The van der Waals surface area contributed by atoms with Gasteiger partial charge in [-0.25, -0.2) is 8.42 Å². The lowest BCUT2D eigenvalue weighted by molar-refractivity contribution is 0.483. The zero-order valence-electron chi connectivity index (χ0n) is 18.8. The van der Waals surface area contributed by atoms with E-state index >= 15 is 0 Å². The highest BCUT2D eigenvalue weighted by Gasteiger charge is 2.14. The van der Waals surface area contributed by atoms with E-state index in [2.05, 4.69) is 9.71 Å². The first-order valence-corrected chi connectivity index (χ1v) is 12.8. The molecule has 0 fully saturated rings. The molecule has 5 aromatic rings. The molecule has 0 unspecified atom stereocenters. The normalized spacial score (nSPS) is 11.4. The predicted molar refractivity (Wildman–Crippen MR) is 141 cm³/mol. The third-order valence-corrected chi connectivity index (χ3v) is 7.24. The van der Waals surface area contributed by atoms with Crippen LogP contribution in [0.4, 0.5) is 5.69 Å². The van der Waals surface area contributed by atoms with E-state index in [1.807, 2.05) is 55.6 Å². The van der Waals surface area contributed by atoms with E-state index in [1.54, 1.807) is 54.6 Å². The summed E-state index contributed by atoms with van der Waals surface area (Å²) in [6.45, 7) is 2.01. The number of sulfonamides is 1. The van der Waals surface area contributed by atoms with Crippen LogP contribution in [-0.4, -0.2) is 13.4 Å². The number of halogens is 1. The Morgan fingerprint density at radius 2 is 1.54 bits per heavy atom. The first-order valence-electron chi connectivity index (χ1n) is 10.9. The number of rotatable bonds is 6. The molecule has 0 saturated heterocycles. The summed E-state index contributed by atoms with van der Waals surface area (Å²) < 4.78 is 34.0. The lowest BCUT2D eigenvalue weighted by atomic mass is 9.97. The van der Waals surface area contributed by atoms with Gasteiger partial charge in [0.1, 0.15) is 11.5 Å². The van der Waals surface area contributed by atoms with Gasteiger partial charge in [0.15, 0.2) is 0 Å². The highest BCUT2D eigenvalue weighted by molar-refractivity contribution is 7.92. The van der Waals surface area contributed by atoms with Crippen LogP contribution in [0.25, 0.3) is 22.0 Å². The molecule has 0 spiro atoms. The van der Waals surface area contributed by atoms with Crippen LogP contribution in [0.3, 0.4) is 0 Å². The minimum Gasteiger partial charge on any atom is -0.457 e. The second kappa shape index (κ2) is 9.41. The Morgan fingerprint density at radius 1 is 0.829 bits per heavy atom. The first kappa shape index (κ1) is 22.9. The number of hydrogen-bond acceptors (Lipinski definition) is 4. The number of nitrogens with one attached hydrogen (secondary N) is 1. The van der Waals surface area contributed by atoms with E-state index in [-0.39, 0.29) is 4.90 Å². The summed E-state index contributed by atoms with van der Waals surface area (Å²) in [5, 5.41) is 1.57. The average molecular weight is 501 g/mol. The van der Waals surface area contributed by atoms with Crippen molar-refractivity contribution in [1.82, 2.24) is 4.98 Å². The number of para-hydroxylation sites is 1. The van der Waals surface area contributed by atoms with Crippen molar-refractivity contribution in [1.29, 1.82) is 0 Å². The fourth-order valence-corrected chi connectivity index (χ4v) is 5.25. The van der Waals surface area contributed by atoms with Crippen molar-refractivity contribution < 1.29 is 13.2 Å². The van der Waals surface area contributed by atoms with Crippen molar-refractivity contribution in [2.24, 2.45) is 0 Å². The number of aryl methyl sites for hydroxylation is 1. The fraction of sp³-hybridized carbons (Fsp3) is 0.0357. The van der Waals surface area contributed by atoms with E-state index in [9.17, 15) is 8.42 Å². The van der Waals surface area contributed by atoms with Crippen LogP contribution >= 0.6 is 11.6 Å². The van der Waals surface area contributed by atoms with Crippen LogP contribution in [0.5, 0.6) is 11.5 Å². The van der Waals surface area contributed by atoms with Crippen LogP contribution in [0.2, 0.25) is 5.02 Å². The van der Waals surface area contributed by atoms with Crippen molar-refractivity contribution in [2.45, 2.75) is 11.8 Å². The monoisotopic (exact) mass is 500 g/mol. The van der Waals surface area contributed by atoms with Gasteiger partial charge in [0.05, 0.1) is 21.1 Å². The molecule has 0 atom stereocenters. The summed E-state index contributed by atoms with van der Waals surface area (Å²) in [6, 6.07) is 28.6. The van der Waals surface area contributed by atoms with Crippen LogP contribution in [0.15, 0.2) is 108 Å². The molecule has 5 nitrogen and oxygen atoms in total. The number of aromatic nitrogens is 1. The van der Waals surface area contributed by atoms with Gasteiger partial charge in [-0.2, -0.15) is 0 Å². The highest BCUT2D eigenvalue weighted by atomic mass is 35.5. The van der Waals surface area contributed by atoms with E-state index in [1.165, 1.54) is 0 Å². The van der Waals surface area contributed by atoms with Gasteiger partial charge in [-0.05, 0) is 66.1 Å². The number of hydrogen-bond donors (Lipinski definition) is 1. The molecule has 1 N–H and O–H groups in total. The molecule has 174 valence electrons. The molecule has 7 heteroatoms. The highest BCUT2D eigenvalue weighted by Crippen LogP contribution is 2.36. The number of ether oxygens (including phenoxy) is 1. The van der Waals surface area contributed by atoms with Crippen LogP contribution in [0, 0.1) is 6.92 Å². The lowest BCUT2D eigenvalue weighted by Gasteiger charge is -2.13. The largest absolute Gasteiger partial charge is 0.457 e. The summed E-state index contributed by atoms with van der Waals surface area (Å²) in [7, 11) is -3.70. The number of pyridine rings is 1. The second-order valence-corrected chi connectivity index (χ2v) is 10.1. The summed E-state index contributed by atoms with van der Waals surface area (Å²) in [6.07, 6.45) is 1.82. The smallest absolute Gasteiger partial charge is 0.261 e. The molecule has 0 aliphatic heterocycles. The molecule has 1 heterocycles. The quantitative estimate of drug-likeness (QED) is 0.263. The fourth-order valence-electron chi connectivity index (χ4n) is 3.96. The molecule has 0 aliphatic carbocycles. The standard InChI is InChI=1S/C28H21ClN2O3S/c1-19-18-30-28-25(14-7-15-26(28)29)27(19)20-8-5-10-22(16-20)34-23-11-6-9-21(17-23)31-35(32,33)24-12-3-2-4-13-24/h2-18,31H,1H3. The molecule has 0 amide bonds. The molecular weight excluding hydrogens is 480 g/mol. The molecule has 0 aliphatic rings. The van der Waals surface area contributed by atoms with Crippen molar-refractivity contribution in [3.63, 3.8) is 0 Å². The zero-order valence-corrected chi connectivity index (χ0v) is 20.3. The third-order valence-electron chi connectivity index (χ3n) is 5.54. The zero-order chi connectivity index (χ0) is 24.4. The molecule has 1 aromatic heterocycles. The Bertz CT molecular complexity index is 1640. The van der Waals surface area contributed by atoms with E-state index in [4.69, 9.17) is 16.3 Å². The van der Waals surface area contributed by atoms with Crippen LogP contribution < -0.4 is 9.46 Å². The summed E-state index contributed by atoms with van der Waals surface area (Å²) >= 11 is 6.37. The van der Waals surface area contributed by atoms with E-state index < -0.39 is 10.0 Å². The number of anilines is 1. The topological polar surface area (TPSA) is 68.3 Å².